The third-order valence-electron chi connectivity index (χ3n) is 1.73. The first-order chi connectivity index (χ1) is 6.82. The summed E-state index contributed by atoms with van der Waals surface area (Å²) in [6.45, 7) is 2.11. The van der Waals surface area contributed by atoms with Crippen LogP contribution in [0.4, 0.5) is 0 Å². The Morgan fingerprint density at radius 1 is 1.33 bits per heavy atom. The van der Waals surface area contributed by atoms with Crippen molar-refractivity contribution >= 4 is 11.9 Å². The highest BCUT2D eigenvalue weighted by molar-refractivity contribution is 5.72. The standard InChI is InChI=1S/C5H11NO2.C4H9NO2/c1-4(5(7)8)6(2)3;5-3-1-2-4(6)7/h4H,1-3H3,(H,7,8);1-3,5H2,(H,6,7). The molecular weight excluding hydrogens is 200 g/mol. The van der Waals surface area contributed by atoms with Gasteiger partial charge in [-0.15, -0.1) is 0 Å². The lowest BCUT2D eigenvalue weighted by molar-refractivity contribution is -0.141. The van der Waals surface area contributed by atoms with E-state index in [9.17, 15) is 9.59 Å². The maximum atomic E-state index is 10.1. The van der Waals surface area contributed by atoms with Crippen LogP contribution < -0.4 is 5.73 Å². The van der Waals surface area contributed by atoms with Crippen molar-refractivity contribution in [2.24, 2.45) is 5.73 Å². The number of rotatable bonds is 5. The van der Waals surface area contributed by atoms with Gasteiger partial charge in [0.15, 0.2) is 0 Å². The predicted molar refractivity (Wildman–Crippen MR) is 56.7 cm³/mol. The molecule has 0 aromatic rings. The minimum atomic E-state index is -0.782. The minimum Gasteiger partial charge on any atom is -0.481 e. The van der Waals surface area contributed by atoms with Gasteiger partial charge in [-0.3, -0.25) is 14.5 Å². The van der Waals surface area contributed by atoms with Gasteiger partial charge in [0.05, 0.1) is 0 Å². The Bertz CT molecular complexity index is 195. The molecule has 0 bridgehead atoms. The Balaban J connectivity index is 0. The highest BCUT2D eigenvalue weighted by Gasteiger charge is 2.11. The summed E-state index contributed by atoms with van der Waals surface area (Å²) in [6.07, 6.45) is 0.770. The van der Waals surface area contributed by atoms with Gasteiger partial charge >= 0.3 is 11.9 Å². The Labute approximate surface area is 89.7 Å². The molecular formula is C9H20N2O4. The Hall–Kier alpha value is -1.14. The number of nitrogens with zero attached hydrogens (tertiary/aromatic N) is 1. The van der Waals surface area contributed by atoms with Gasteiger partial charge in [0.2, 0.25) is 0 Å². The van der Waals surface area contributed by atoms with Crippen molar-refractivity contribution in [3.05, 3.63) is 0 Å². The van der Waals surface area contributed by atoms with E-state index in [1.807, 2.05) is 0 Å². The SMILES string of the molecule is CC(C(=O)O)N(C)C.NCCCC(=O)O. The zero-order chi connectivity index (χ0) is 12.4. The van der Waals surface area contributed by atoms with Crippen LogP contribution in [0.1, 0.15) is 19.8 Å². The third-order valence-corrected chi connectivity index (χ3v) is 1.73. The topological polar surface area (TPSA) is 104 Å². The summed E-state index contributed by atoms with van der Waals surface area (Å²) in [4.78, 5) is 21.4. The molecule has 6 nitrogen and oxygen atoms in total. The molecule has 0 radical (unpaired) electrons. The maximum absolute atomic E-state index is 10.1. The highest BCUT2D eigenvalue weighted by Crippen LogP contribution is 1.88. The van der Waals surface area contributed by atoms with Crippen molar-refractivity contribution in [3.8, 4) is 0 Å². The second kappa shape index (κ2) is 9.42. The smallest absolute Gasteiger partial charge is 0.320 e. The van der Waals surface area contributed by atoms with Crippen LogP contribution in [0.5, 0.6) is 0 Å². The van der Waals surface area contributed by atoms with E-state index in [1.54, 1.807) is 25.9 Å². The van der Waals surface area contributed by atoms with Gasteiger partial charge in [0, 0.05) is 6.42 Å². The molecule has 0 spiro atoms. The zero-order valence-electron chi connectivity index (χ0n) is 9.43. The zero-order valence-corrected chi connectivity index (χ0v) is 9.43. The summed E-state index contributed by atoms with van der Waals surface area (Å²) in [6, 6.07) is -0.380. The van der Waals surface area contributed by atoms with Crippen molar-refractivity contribution in [2.45, 2.75) is 25.8 Å². The van der Waals surface area contributed by atoms with Gasteiger partial charge in [0.1, 0.15) is 6.04 Å². The molecule has 0 aromatic carbocycles. The van der Waals surface area contributed by atoms with Crippen molar-refractivity contribution in [1.82, 2.24) is 4.90 Å². The lowest BCUT2D eigenvalue weighted by atomic mass is 10.3. The molecule has 0 amide bonds. The number of nitrogens with two attached hydrogens (primary N) is 1. The Morgan fingerprint density at radius 3 is 1.87 bits per heavy atom. The first-order valence-electron chi connectivity index (χ1n) is 4.64. The van der Waals surface area contributed by atoms with Crippen LogP contribution in [0.15, 0.2) is 0 Å². The van der Waals surface area contributed by atoms with E-state index < -0.39 is 11.9 Å². The Kier molecular flexibility index (Phi) is 10.2. The maximum Gasteiger partial charge on any atom is 0.320 e. The number of likely N-dealkylation sites (N-methyl/N-ethyl adjacent to an activating group) is 1. The van der Waals surface area contributed by atoms with E-state index in [0.717, 1.165) is 0 Å². The van der Waals surface area contributed by atoms with Gasteiger partial charge < -0.3 is 15.9 Å². The molecule has 0 rings (SSSR count). The monoisotopic (exact) mass is 220 g/mol. The van der Waals surface area contributed by atoms with Gasteiger partial charge in [0.25, 0.3) is 0 Å². The van der Waals surface area contributed by atoms with Crippen LogP contribution in [0, 0.1) is 0 Å². The molecule has 0 aliphatic heterocycles. The number of carboxylic acids is 2. The van der Waals surface area contributed by atoms with Crippen molar-refractivity contribution in [3.63, 3.8) is 0 Å². The Morgan fingerprint density at radius 2 is 1.80 bits per heavy atom. The van der Waals surface area contributed by atoms with E-state index in [-0.39, 0.29) is 12.5 Å². The van der Waals surface area contributed by atoms with Crippen LogP contribution in [0.2, 0.25) is 0 Å². The van der Waals surface area contributed by atoms with E-state index in [4.69, 9.17) is 15.9 Å². The molecule has 15 heavy (non-hydrogen) atoms. The first kappa shape index (κ1) is 16.3. The molecule has 0 heterocycles. The molecule has 0 aromatic heterocycles. The molecule has 0 fully saturated rings. The third kappa shape index (κ3) is 12.9. The first-order valence-corrected chi connectivity index (χ1v) is 4.64. The molecule has 90 valence electrons. The average Bonchev–Trinajstić information content (AvgIpc) is 2.14. The van der Waals surface area contributed by atoms with E-state index in [1.165, 1.54) is 0 Å². The number of aliphatic carboxylic acids is 2. The number of carboxylic acid groups (broad SMARTS) is 2. The van der Waals surface area contributed by atoms with Gasteiger partial charge in [-0.25, -0.2) is 0 Å². The second-order valence-electron chi connectivity index (χ2n) is 3.26. The number of carbonyl (C=O) groups is 2. The van der Waals surface area contributed by atoms with Crippen molar-refractivity contribution < 1.29 is 19.8 Å². The summed E-state index contributed by atoms with van der Waals surface area (Å²) >= 11 is 0. The van der Waals surface area contributed by atoms with Crippen LogP contribution in [0.25, 0.3) is 0 Å². The van der Waals surface area contributed by atoms with Crippen molar-refractivity contribution in [2.75, 3.05) is 20.6 Å². The molecule has 4 N–H and O–H groups in total. The average molecular weight is 220 g/mol. The van der Waals surface area contributed by atoms with Crippen molar-refractivity contribution in [1.29, 1.82) is 0 Å². The second-order valence-corrected chi connectivity index (χ2v) is 3.26. The van der Waals surface area contributed by atoms with Crippen LogP contribution in [0.3, 0.4) is 0 Å². The number of hydrogen-bond donors (Lipinski definition) is 3. The largest absolute Gasteiger partial charge is 0.481 e. The summed E-state index contributed by atoms with van der Waals surface area (Å²) in [5, 5.41) is 16.3. The van der Waals surface area contributed by atoms with E-state index in [2.05, 4.69) is 0 Å². The summed E-state index contributed by atoms with van der Waals surface area (Å²) < 4.78 is 0. The van der Waals surface area contributed by atoms with Crippen LogP contribution >= 0.6 is 0 Å². The number of hydrogen-bond acceptors (Lipinski definition) is 4. The van der Waals surface area contributed by atoms with Crippen LogP contribution in [-0.4, -0.2) is 53.7 Å². The van der Waals surface area contributed by atoms with Gasteiger partial charge in [-0.05, 0) is 34.0 Å². The highest BCUT2D eigenvalue weighted by atomic mass is 16.4. The molecule has 0 saturated heterocycles. The lowest BCUT2D eigenvalue weighted by Gasteiger charge is -2.13. The molecule has 0 saturated carbocycles. The fourth-order valence-corrected chi connectivity index (χ4v) is 0.474. The minimum absolute atomic E-state index is 0.191. The molecule has 1 unspecified atom stereocenters. The quantitative estimate of drug-likeness (QED) is 0.594. The summed E-state index contributed by atoms with van der Waals surface area (Å²) in [5.74, 6) is -1.56. The van der Waals surface area contributed by atoms with Crippen LogP contribution in [-0.2, 0) is 9.59 Å². The summed E-state index contributed by atoms with van der Waals surface area (Å²) in [7, 11) is 3.47. The van der Waals surface area contributed by atoms with Gasteiger partial charge in [-0.1, -0.05) is 0 Å². The van der Waals surface area contributed by atoms with Gasteiger partial charge in [-0.2, -0.15) is 0 Å². The fraction of sp³-hybridized carbons (Fsp3) is 0.778. The van der Waals surface area contributed by atoms with E-state index >= 15 is 0 Å². The molecule has 1 atom stereocenters. The van der Waals surface area contributed by atoms with E-state index in [0.29, 0.717) is 13.0 Å². The molecule has 0 aliphatic carbocycles. The lowest BCUT2D eigenvalue weighted by Crippen LogP contribution is -2.32. The summed E-state index contributed by atoms with van der Waals surface area (Å²) in [5.41, 5.74) is 5.01. The predicted octanol–water partition coefficient (Wildman–Crippen LogP) is -0.169. The normalized spacial score (nSPS) is 11.5. The molecule has 6 heteroatoms. The fourth-order valence-electron chi connectivity index (χ4n) is 0.474. The molecule has 0 aliphatic rings.